The van der Waals surface area contributed by atoms with E-state index in [2.05, 4.69) is 10.1 Å². The predicted octanol–water partition coefficient (Wildman–Crippen LogP) is 1.85. The predicted molar refractivity (Wildman–Crippen MR) is 67.6 cm³/mol. The standard InChI is InChI=1S/C13H23N3O/c1-10-13(11(2)17-15-10)9-16-7-3-4-12(8-16)5-6-14/h12H,3-9,14H2,1-2H3. The number of piperidine rings is 1. The Morgan fingerprint density at radius 1 is 1.47 bits per heavy atom. The number of rotatable bonds is 4. The van der Waals surface area contributed by atoms with Crippen LogP contribution < -0.4 is 5.73 Å². The summed E-state index contributed by atoms with van der Waals surface area (Å²) in [5.41, 5.74) is 7.94. The Hall–Kier alpha value is -0.870. The van der Waals surface area contributed by atoms with Gasteiger partial charge >= 0.3 is 0 Å². The molecule has 1 unspecified atom stereocenters. The van der Waals surface area contributed by atoms with Crippen molar-refractivity contribution in [2.75, 3.05) is 19.6 Å². The van der Waals surface area contributed by atoms with Gasteiger partial charge in [0.25, 0.3) is 0 Å². The monoisotopic (exact) mass is 237 g/mol. The van der Waals surface area contributed by atoms with Gasteiger partial charge in [-0.05, 0) is 52.1 Å². The van der Waals surface area contributed by atoms with Crippen molar-refractivity contribution in [3.63, 3.8) is 0 Å². The highest BCUT2D eigenvalue weighted by Gasteiger charge is 2.21. The SMILES string of the molecule is Cc1noc(C)c1CN1CCCC(CCN)C1. The molecule has 0 aromatic carbocycles. The zero-order chi connectivity index (χ0) is 12.3. The molecule has 2 N–H and O–H groups in total. The van der Waals surface area contributed by atoms with Crippen LogP contribution in [-0.4, -0.2) is 29.7 Å². The molecule has 96 valence electrons. The van der Waals surface area contributed by atoms with E-state index in [1.165, 1.54) is 31.5 Å². The van der Waals surface area contributed by atoms with Gasteiger partial charge in [-0.2, -0.15) is 0 Å². The van der Waals surface area contributed by atoms with Crippen LogP contribution in [0.3, 0.4) is 0 Å². The fourth-order valence-corrected chi connectivity index (χ4v) is 2.72. The molecule has 1 aromatic rings. The van der Waals surface area contributed by atoms with Crippen LogP contribution in [-0.2, 0) is 6.54 Å². The lowest BCUT2D eigenvalue weighted by atomic mass is 9.94. The van der Waals surface area contributed by atoms with E-state index in [1.54, 1.807) is 0 Å². The van der Waals surface area contributed by atoms with E-state index in [1.807, 2.05) is 13.8 Å². The summed E-state index contributed by atoms with van der Waals surface area (Å²) in [6.07, 6.45) is 3.77. The first-order valence-electron chi connectivity index (χ1n) is 6.55. The summed E-state index contributed by atoms with van der Waals surface area (Å²) in [6, 6.07) is 0. The quantitative estimate of drug-likeness (QED) is 0.868. The molecule has 1 aromatic heterocycles. The van der Waals surface area contributed by atoms with E-state index in [0.29, 0.717) is 0 Å². The highest BCUT2D eigenvalue weighted by Crippen LogP contribution is 2.22. The zero-order valence-electron chi connectivity index (χ0n) is 10.9. The summed E-state index contributed by atoms with van der Waals surface area (Å²) in [5.74, 6) is 1.73. The second kappa shape index (κ2) is 5.65. The Morgan fingerprint density at radius 2 is 2.29 bits per heavy atom. The van der Waals surface area contributed by atoms with Crippen molar-refractivity contribution in [3.05, 3.63) is 17.0 Å². The maximum absolute atomic E-state index is 5.65. The smallest absolute Gasteiger partial charge is 0.138 e. The largest absolute Gasteiger partial charge is 0.361 e. The van der Waals surface area contributed by atoms with Gasteiger partial charge in [0.05, 0.1) is 5.69 Å². The van der Waals surface area contributed by atoms with Crippen LogP contribution in [0.1, 0.15) is 36.3 Å². The van der Waals surface area contributed by atoms with Gasteiger partial charge in [0.1, 0.15) is 5.76 Å². The lowest BCUT2D eigenvalue weighted by molar-refractivity contribution is 0.162. The topological polar surface area (TPSA) is 55.3 Å². The third kappa shape index (κ3) is 3.07. The van der Waals surface area contributed by atoms with E-state index in [9.17, 15) is 0 Å². The number of nitrogens with two attached hydrogens (primary N) is 1. The molecule has 2 rings (SSSR count). The lowest BCUT2D eigenvalue weighted by Gasteiger charge is -2.32. The molecule has 17 heavy (non-hydrogen) atoms. The molecule has 0 aliphatic carbocycles. The fourth-order valence-electron chi connectivity index (χ4n) is 2.72. The Balaban J connectivity index is 1.94. The van der Waals surface area contributed by atoms with Gasteiger partial charge in [0, 0.05) is 18.7 Å². The van der Waals surface area contributed by atoms with Gasteiger partial charge in [-0.15, -0.1) is 0 Å². The molecule has 0 bridgehead atoms. The van der Waals surface area contributed by atoms with E-state index < -0.39 is 0 Å². The maximum atomic E-state index is 5.65. The van der Waals surface area contributed by atoms with Crippen molar-refractivity contribution in [1.82, 2.24) is 10.1 Å². The number of hydrogen-bond donors (Lipinski definition) is 1. The highest BCUT2D eigenvalue weighted by molar-refractivity contribution is 5.20. The molecular formula is C13H23N3O. The minimum atomic E-state index is 0.772. The molecule has 1 aliphatic rings. The molecule has 1 saturated heterocycles. The third-order valence-corrected chi connectivity index (χ3v) is 3.74. The number of hydrogen-bond acceptors (Lipinski definition) is 4. The van der Waals surface area contributed by atoms with E-state index in [-0.39, 0.29) is 0 Å². The summed E-state index contributed by atoms with van der Waals surface area (Å²) in [4.78, 5) is 2.51. The molecule has 4 heteroatoms. The second-order valence-electron chi connectivity index (χ2n) is 5.12. The van der Waals surface area contributed by atoms with Crippen LogP contribution in [0.4, 0.5) is 0 Å². The van der Waals surface area contributed by atoms with Crippen molar-refractivity contribution in [1.29, 1.82) is 0 Å². The second-order valence-corrected chi connectivity index (χ2v) is 5.12. The Bertz CT molecular complexity index is 340. The van der Waals surface area contributed by atoms with Gasteiger partial charge in [-0.3, -0.25) is 4.90 Å². The van der Waals surface area contributed by atoms with Crippen LogP contribution in [0.15, 0.2) is 4.52 Å². The minimum Gasteiger partial charge on any atom is -0.361 e. The number of aryl methyl sites for hydroxylation is 2. The molecule has 1 fully saturated rings. The molecule has 0 saturated carbocycles. The fraction of sp³-hybridized carbons (Fsp3) is 0.769. The maximum Gasteiger partial charge on any atom is 0.138 e. The van der Waals surface area contributed by atoms with Gasteiger partial charge < -0.3 is 10.3 Å². The molecular weight excluding hydrogens is 214 g/mol. The Labute approximate surface area is 103 Å². The van der Waals surface area contributed by atoms with Crippen LogP contribution in [0, 0.1) is 19.8 Å². The first kappa shape index (κ1) is 12.6. The first-order valence-corrected chi connectivity index (χ1v) is 6.55. The Morgan fingerprint density at radius 3 is 2.94 bits per heavy atom. The van der Waals surface area contributed by atoms with Crippen LogP contribution in [0.25, 0.3) is 0 Å². The average Bonchev–Trinajstić information content (AvgIpc) is 2.62. The highest BCUT2D eigenvalue weighted by atomic mass is 16.5. The molecule has 2 heterocycles. The summed E-state index contributed by atoms with van der Waals surface area (Å²) in [7, 11) is 0. The van der Waals surface area contributed by atoms with Crippen molar-refractivity contribution in [2.24, 2.45) is 11.7 Å². The summed E-state index contributed by atoms with van der Waals surface area (Å²) < 4.78 is 5.21. The van der Waals surface area contributed by atoms with Crippen molar-refractivity contribution < 1.29 is 4.52 Å². The molecule has 0 spiro atoms. The molecule has 0 radical (unpaired) electrons. The van der Waals surface area contributed by atoms with E-state index in [0.717, 1.165) is 36.9 Å². The van der Waals surface area contributed by atoms with Crippen LogP contribution in [0.5, 0.6) is 0 Å². The zero-order valence-corrected chi connectivity index (χ0v) is 10.9. The molecule has 0 amide bonds. The van der Waals surface area contributed by atoms with Crippen molar-refractivity contribution >= 4 is 0 Å². The first-order chi connectivity index (χ1) is 8.20. The third-order valence-electron chi connectivity index (χ3n) is 3.74. The Kier molecular flexibility index (Phi) is 4.18. The average molecular weight is 237 g/mol. The molecule has 1 aliphatic heterocycles. The minimum absolute atomic E-state index is 0.772. The summed E-state index contributed by atoms with van der Waals surface area (Å²) in [6.45, 7) is 8.16. The van der Waals surface area contributed by atoms with E-state index >= 15 is 0 Å². The summed E-state index contributed by atoms with van der Waals surface area (Å²) >= 11 is 0. The van der Waals surface area contributed by atoms with Crippen LogP contribution in [0.2, 0.25) is 0 Å². The number of nitrogens with zero attached hydrogens (tertiary/aromatic N) is 2. The number of likely N-dealkylation sites (tertiary alicyclic amines) is 1. The normalized spacial score (nSPS) is 21.9. The van der Waals surface area contributed by atoms with Gasteiger partial charge in [-0.25, -0.2) is 0 Å². The van der Waals surface area contributed by atoms with E-state index in [4.69, 9.17) is 10.3 Å². The van der Waals surface area contributed by atoms with Crippen molar-refractivity contribution in [2.45, 2.75) is 39.7 Å². The van der Waals surface area contributed by atoms with Gasteiger partial charge in [-0.1, -0.05) is 5.16 Å². The van der Waals surface area contributed by atoms with Gasteiger partial charge in [0.15, 0.2) is 0 Å². The number of aromatic nitrogens is 1. The van der Waals surface area contributed by atoms with Gasteiger partial charge in [0.2, 0.25) is 0 Å². The summed E-state index contributed by atoms with van der Waals surface area (Å²) in [5, 5.41) is 4.02. The lowest BCUT2D eigenvalue weighted by Crippen LogP contribution is -2.35. The van der Waals surface area contributed by atoms with Crippen molar-refractivity contribution in [3.8, 4) is 0 Å². The van der Waals surface area contributed by atoms with Crippen LogP contribution >= 0.6 is 0 Å². The molecule has 4 nitrogen and oxygen atoms in total. The molecule has 1 atom stereocenters.